The Morgan fingerprint density at radius 2 is 2.00 bits per heavy atom. The molecule has 0 N–H and O–H groups in total. The number of hydrogen-bond donors (Lipinski definition) is 0. The molecular formula is C17H17N5O2. The second-order valence-electron chi connectivity index (χ2n) is 5.58. The number of ether oxygens (including phenoxy) is 1. The van der Waals surface area contributed by atoms with Crippen LogP contribution in [0.4, 0.5) is 5.82 Å². The summed E-state index contributed by atoms with van der Waals surface area (Å²) in [4.78, 5) is 15.5. The van der Waals surface area contributed by atoms with Crippen molar-refractivity contribution in [3.8, 4) is 11.4 Å². The average molecular weight is 323 g/mol. The van der Waals surface area contributed by atoms with Gasteiger partial charge in [-0.1, -0.05) is 35.5 Å². The Morgan fingerprint density at radius 1 is 1.12 bits per heavy atom. The van der Waals surface area contributed by atoms with Crippen LogP contribution >= 0.6 is 0 Å². The van der Waals surface area contributed by atoms with Crippen LogP contribution in [0.3, 0.4) is 0 Å². The van der Waals surface area contributed by atoms with E-state index in [1.807, 2.05) is 36.4 Å². The van der Waals surface area contributed by atoms with E-state index in [4.69, 9.17) is 14.2 Å². The van der Waals surface area contributed by atoms with E-state index in [2.05, 4.69) is 20.0 Å². The zero-order chi connectivity index (χ0) is 16.4. The van der Waals surface area contributed by atoms with Gasteiger partial charge in [0, 0.05) is 25.2 Å². The van der Waals surface area contributed by atoms with Gasteiger partial charge in [-0.2, -0.15) is 4.98 Å². The molecule has 0 saturated carbocycles. The predicted octanol–water partition coefficient (Wildman–Crippen LogP) is 2.41. The third-order valence-electron chi connectivity index (χ3n) is 3.89. The van der Waals surface area contributed by atoms with Gasteiger partial charge in [0.1, 0.15) is 11.9 Å². The van der Waals surface area contributed by atoms with Crippen LogP contribution in [0.25, 0.3) is 11.4 Å². The number of aryl methyl sites for hydroxylation is 1. The largest absolute Gasteiger partial charge is 0.366 e. The van der Waals surface area contributed by atoms with E-state index < -0.39 is 0 Å². The first-order chi connectivity index (χ1) is 11.8. The number of nitrogens with zero attached hydrogens (tertiary/aromatic N) is 5. The Balaban J connectivity index is 1.57. The van der Waals surface area contributed by atoms with E-state index >= 15 is 0 Å². The summed E-state index contributed by atoms with van der Waals surface area (Å²) < 4.78 is 10.8. The van der Waals surface area contributed by atoms with Gasteiger partial charge in [-0.3, -0.25) is 0 Å². The lowest BCUT2D eigenvalue weighted by molar-refractivity contribution is 0.0323. The highest BCUT2D eigenvalue weighted by Crippen LogP contribution is 2.24. The highest BCUT2D eigenvalue weighted by molar-refractivity contribution is 5.57. The fourth-order valence-corrected chi connectivity index (χ4v) is 2.71. The molecule has 7 heteroatoms. The van der Waals surface area contributed by atoms with Crippen LogP contribution in [0.2, 0.25) is 0 Å². The molecule has 4 rings (SSSR count). The van der Waals surface area contributed by atoms with E-state index in [-0.39, 0.29) is 6.10 Å². The number of benzene rings is 1. The fraction of sp³-hybridized carbons (Fsp3) is 0.294. The molecule has 0 amide bonds. The minimum atomic E-state index is -0.216. The van der Waals surface area contributed by atoms with Crippen molar-refractivity contribution in [1.29, 1.82) is 0 Å². The van der Waals surface area contributed by atoms with Gasteiger partial charge in [-0.25, -0.2) is 9.97 Å². The van der Waals surface area contributed by atoms with Gasteiger partial charge in [-0.05, 0) is 6.07 Å². The number of morpholine rings is 1. The van der Waals surface area contributed by atoms with Crippen molar-refractivity contribution in [2.45, 2.75) is 13.0 Å². The highest BCUT2D eigenvalue weighted by Gasteiger charge is 2.26. The normalized spacial score (nSPS) is 17.9. The monoisotopic (exact) mass is 323 g/mol. The maximum Gasteiger partial charge on any atom is 0.223 e. The topological polar surface area (TPSA) is 77.2 Å². The number of hydrogen-bond acceptors (Lipinski definition) is 7. The molecule has 1 aromatic carbocycles. The SMILES string of the molecule is Cc1nc([C@H]2CN(c3ccnc(-c4ccccc4)n3)CCO2)no1. The molecule has 1 fully saturated rings. The van der Waals surface area contributed by atoms with E-state index in [9.17, 15) is 0 Å². The minimum Gasteiger partial charge on any atom is -0.366 e. The second kappa shape index (κ2) is 6.37. The van der Waals surface area contributed by atoms with Crippen molar-refractivity contribution in [1.82, 2.24) is 20.1 Å². The van der Waals surface area contributed by atoms with Gasteiger partial charge in [0.15, 0.2) is 5.82 Å². The van der Waals surface area contributed by atoms with Gasteiger partial charge in [-0.15, -0.1) is 0 Å². The first kappa shape index (κ1) is 14.8. The molecule has 1 aliphatic heterocycles. The minimum absolute atomic E-state index is 0.216. The molecule has 122 valence electrons. The lowest BCUT2D eigenvalue weighted by atomic mass is 10.2. The maximum absolute atomic E-state index is 5.77. The number of aromatic nitrogens is 4. The molecule has 0 aliphatic carbocycles. The van der Waals surface area contributed by atoms with Crippen LogP contribution in [-0.2, 0) is 4.74 Å². The van der Waals surface area contributed by atoms with Crippen LogP contribution < -0.4 is 4.90 Å². The molecule has 0 radical (unpaired) electrons. The first-order valence-corrected chi connectivity index (χ1v) is 7.85. The van der Waals surface area contributed by atoms with Crippen LogP contribution in [-0.4, -0.2) is 39.8 Å². The van der Waals surface area contributed by atoms with E-state index in [0.717, 1.165) is 17.9 Å². The summed E-state index contributed by atoms with van der Waals surface area (Å²) in [6, 6.07) is 11.9. The second-order valence-corrected chi connectivity index (χ2v) is 5.58. The van der Waals surface area contributed by atoms with Crippen molar-refractivity contribution in [2.24, 2.45) is 0 Å². The molecule has 7 nitrogen and oxygen atoms in total. The van der Waals surface area contributed by atoms with Crippen LogP contribution in [0, 0.1) is 6.92 Å². The van der Waals surface area contributed by atoms with Crippen molar-refractivity contribution in [2.75, 3.05) is 24.6 Å². The van der Waals surface area contributed by atoms with E-state index in [0.29, 0.717) is 30.7 Å². The molecular weight excluding hydrogens is 306 g/mol. The lowest BCUT2D eigenvalue weighted by Crippen LogP contribution is -2.39. The summed E-state index contributed by atoms with van der Waals surface area (Å²) >= 11 is 0. The third kappa shape index (κ3) is 2.98. The fourth-order valence-electron chi connectivity index (χ4n) is 2.71. The average Bonchev–Trinajstić information content (AvgIpc) is 3.09. The third-order valence-corrected chi connectivity index (χ3v) is 3.89. The quantitative estimate of drug-likeness (QED) is 0.732. The Labute approximate surface area is 139 Å². The summed E-state index contributed by atoms with van der Waals surface area (Å²) in [5.41, 5.74) is 0.998. The van der Waals surface area contributed by atoms with Gasteiger partial charge in [0.05, 0.1) is 13.2 Å². The van der Waals surface area contributed by atoms with Gasteiger partial charge in [0.25, 0.3) is 0 Å². The summed E-state index contributed by atoms with van der Waals surface area (Å²) in [5, 5.41) is 3.96. The molecule has 1 aliphatic rings. The maximum atomic E-state index is 5.77. The summed E-state index contributed by atoms with van der Waals surface area (Å²) in [5.74, 6) is 2.71. The smallest absolute Gasteiger partial charge is 0.223 e. The summed E-state index contributed by atoms with van der Waals surface area (Å²) in [6.07, 6.45) is 1.57. The highest BCUT2D eigenvalue weighted by atomic mass is 16.5. The molecule has 3 aromatic rings. The molecule has 24 heavy (non-hydrogen) atoms. The Kier molecular flexibility index (Phi) is 3.92. The molecule has 1 atom stereocenters. The van der Waals surface area contributed by atoms with Crippen molar-refractivity contribution >= 4 is 5.82 Å². The van der Waals surface area contributed by atoms with Crippen LogP contribution in [0.1, 0.15) is 17.8 Å². The number of anilines is 1. The summed E-state index contributed by atoms with van der Waals surface area (Å²) in [7, 11) is 0. The predicted molar refractivity (Wildman–Crippen MR) is 87.4 cm³/mol. The Bertz CT molecular complexity index is 821. The van der Waals surface area contributed by atoms with E-state index in [1.165, 1.54) is 0 Å². The molecule has 0 spiro atoms. The number of rotatable bonds is 3. The molecule has 0 unspecified atom stereocenters. The lowest BCUT2D eigenvalue weighted by Gasteiger charge is -2.32. The Morgan fingerprint density at radius 3 is 2.79 bits per heavy atom. The first-order valence-electron chi connectivity index (χ1n) is 7.85. The van der Waals surface area contributed by atoms with Gasteiger partial charge >= 0.3 is 0 Å². The molecule has 0 bridgehead atoms. The van der Waals surface area contributed by atoms with Crippen molar-refractivity contribution in [3.63, 3.8) is 0 Å². The Hall–Kier alpha value is -2.80. The molecule has 3 heterocycles. The van der Waals surface area contributed by atoms with Gasteiger partial charge < -0.3 is 14.2 Å². The standard InChI is InChI=1S/C17H17N5O2/c1-12-19-17(21-24-12)14-11-22(9-10-23-14)15-7-8-18-16(20-15)13-5-3-2-4-6-13/h2-8,14H,9-11H2,1H3/t14-/m1/s1. The summed E-state index contributed by atoms with van der Waals surface area (Å²) in [6.45, 7) is 3.75. The molecule has 1 saturated heterocycles. The zero-order valence-electron chi connectivity index (χ0n) is 13.3. The zero-order valence-corrected chi connectivity index (χ0v) is 13.3. The molecule has 2 aromatic heterocycles. The van der Waals surface area contributed by atoms with Crippen LogP contribution in [0.5, 0.6) is 0 Å². The van der Waals surface area contributed by atoms with Gasteiger partial charge in [0.2, 0.25) is 11.7 Å². The van der Waals surface area contributed by atoms with Crippen LogP contribution in [0.15, 0.2) is 47.1 Å². The van der Waals surface area contributed by atoms with Crippen molar-refractivity contribution < 1.29 is 9.26 Å². The van der Waals surface area contributed by atoms with E-state index in [1.54, 1.807) is 13.1 Å². The van der Waals surface area contributed by atoms with Crippen molar-refractivity contribution in [3.05, 3.63) is 54.3 Å².